The second-order valence-corrected chi connectivity index (χ2v) is 5.58. The molecule has 2 aromatic rings. The molecule has 0 spiro atoms. The lowest BCUT2D eigenvalue weighted by molar-refractivity contribution is -0.141. The van der Waals surface area contributed by atoms with Crippen LogP contribution in [-0.4, -0.2) is 34.2 Å². The highest BCUT2D eigenvalue weighted by Crippen LogP contribution is 2.22. The monoisotopic (exact) mass is 336 g/mol. The molecule has 1 heterocycles. The van der Waals surface area contributed by atoms with Gasteiger partial charge < -0.3 is 5.11 Å². The Bertz CT molecular complexity index is 831. The predicted molar refractivity (Wildman–Crippen MR) is 91.5 cm³/mol. The molecular weight excluding hydrogens is 320 g/mol. The minimum atomic E-state index is -1.41. The number of carbonyl (C=O) groups excluding carboxylic acids is 2. The first-order chi connectivity index (χ1) is 12.1. The molecule has 0 aliphatic carbocycles. The number of benzene rings is 2. The molecule has 0 aromatic heterocycles. The van der Waals surface area contributed by atoms with Crippen molar-refractivity contribution in [3.05, 3.63) is 78.0 Å². The summed E-state index contributed by atoms with van der Waals surface area (Å²) in [7, 11) is 0. The van der Waals surface area contributed by atoms with E-state index in [1.807, 2.05) is 60.7 Å². The van der Waals surface area contributed by atoms with Crippen molar-refractivity contribution < 1.29 is 19.5 Å². The minimum Gasteiger partial charge on any atom is -0.477 e. The zero-order valence-corrected chi connectivity index (χ0v) is 13.3. The molecule has 0 fully saturated rings. The Morgan fingerprint density at radius 3 is 2.20 bits per heavy atom. The van der Waals surface area contributed by atoms with Gasteiger partial charge in [-0.15, -0.1) is 0 Å². The molecule has 1 aliphatic heterocycles. The van der Waals surface area contributed by atoms with Gasteiger partial charge in [0.05, 0.1) is 12.2 Å². The molecule has 0 amide bonds. The van der Waals surface area contributed by atoms with E-state index in [4.69, 9.17) is 0 Å². The van der Waals surface area contributed by atoms with Crippen molar-refractivity contribution in [3.8, 4) is 0 Å². The Morgan fingerprint density at radius 1 is 1.00 bits per heavy atom. The topological polar surface area (TPSA) is 77.9 Å². The van der Waals surface area contributed by atoms with E-state index in [-0.39, 0.29) is 6.54 Å². The largest absolute Gasteiger partial charge is 0.477 e. The van der Waals surface area contributed by atoms with Crippen molar-refractivity contribution in [2.75, 3.05) is 11.6 Å². The first-order valence-corrected chi connectivity index (χ1v) is 7.72. The molecule has 0 unspecified atom stereocenters. The maximum atomic E-state index is 12.0. The fourth-order valence-corrected chi connectivity index (χ4v) is 2.62. The number of hydrazine groups is 1. The third kappa shape index (κ3) is 3.58. The van der Waals surface area contributed by atoms with Crippen molar-refractivity contribution in [1.29, 1.82) is 0 Å². The van der Waals surface area contributed by atoms with Gasteiger partial charge in [-0.05, 0) is 17.7 Å². The average molecular weight is 336 g/mol. The number of anilines is 1. The Balaban J connectivity index is 2.00. The number of para-hydroxylation sites is 1. The molecule has 0 atom stereocenters. The Morgan fingerprint density at radius 2 is 1.60 bits per heavy atom. The Labute approximate surface area is 144 Å². The number of carboxylic acids is 1. The number of hydrogen-bond acceptors (Lipinski definition) is 5. The summed E-state index contributed by atoms with van der Waals surface area (Å²) in [5.41, 5.74) is 1.25. The molecule has 126 valence electrons. The lowest BCUT2D eigenvalue weighted by Gasteiger charge is -2.37. The summed E-state index contributed by atoms with van der Waals surface area (Å²) >= 11 is 0. The fourth-order valence-electron chi connectivity index (χ4n) is 2.62. The molecule has 6 nitrogen and oxygen atoms in total. The molecule has 3 rings (SSSR count). The van der Waals surface area contributed by atoms with Gasteiger partial charge in [0.1, 0.15) is 12.1 Å². The van der Waals surface area contributed by atoms with E-state index >= 15 is 0 Å². The molecule has 0 bridgehead atoms. The van der Waals surface area contributed by atoms with Crippen LogP contribution in [0, 0.1) is 0 Å². The molecule has 0 saturated heterocycles. The summed E-state index contributed by atoms with van der Waals surface area (Å²) in [6.45, 7) is 0.229. The van der Waals surface area contributed by atoms with Crippen LogP contribution in [0.5, 0.6) is 0 Å². The quantitative estimate of drug-likeness (QED) is 0.665. The molecule has 1 N–H and O–H groups in total. The zero-order chi connectivity index (χ0) is 17.8. The number of aliphatic carboxylic acids is 1. The maximum absolute atomic E-state index is 12.0. The van der Waals surface area contributed by atoms with Crippen LogP contribution in [-0.2, 0) is 20.9 Å². The van der Waals surface area contributed by atoms with E-state index in [0.29, 0.717) is 6.54 Å². The van der Waals surface area contributed by atoms with Crippen LogP contribution >= 0.6 is 0 Å². The number of nitrogens with zero attached hydrogens (tertiary/aromatic N) is 2. The molecule has 0 radical (unpaired) electrons. The number of Topliss-reactive ketones (excluding diaryl/α,β-unsaturated/α-hetero) is 2. The summed E-state index contributed by atoms with van der Waals surface area (Å²) in [5.74, 6) is -3.11. The first kappa shape index (κ1) is 16.4. The molecule has 25 heavy (non-hydrogen) atoms. The van der Waals surface area contributed by atoms with Gasteiger partial charge in [-0.1, -0.05) is 48.5 Å². The number of ketones is 2. The number of hydrogen-bond donors (Lipinski definition) is 1. The molecular formula is C19H16N2O4. The van der Waals surface area contributed by atoms with Gasteiger partial charge in [0.15, 0.2) is 0 Å². The van der Waals surface area contributed by atoms with Gasteiger partial charge in [-0.2, -0.15) is 0 Å². The second kappa shape index (κ2) is 7.00. The van der Waals surface area contributed by atoms with Crippen LogP contribution < -0.4 is 5.01 Å². The predicted octanol–water partition coefficient (Wildman–Crippen LogP) is 2.03. The second-order valence-electron chi connectivity index (χ2n) is 5.58. The van der Waals surface area contributed by atoms with Crippen LogP contribution in [0.3, 0.4) is 0 Å². The SMILES string of the molecule is O=C(O)C1=CN(N(Cc2ccccc2)c2ccccc2)CC(=O)C1=O. The van der Waals surface area contributed by atoms with E-state index in [1.165, 1.54) is 11.2 Å². The first-order valence-electron chi connectivity index (χ1n) is 7.72. The van der Waals surface area contributed by atoms with Crippen molar-refractivity contribution in [1.82, 2.24) is 5.01 Å². The summed E-state index contributed by atoms with van der Waals surface area (Å²) in [5, 5.41) is 12.5. The van der Waals surface area contributed by atoms with Crippen LogP contribution in [0.2, 0.25) is 0 Å². The minimum absolute atomic E-state index is 0.197. The van der Waals surface area contributed by atoms with E-state index in [1.54, 1.807) is 5.01 Å². The van der Waals surface area contributed by atoms with Gasteiger partial charge in [0.2, 0.25) is 11.6 Å². The standard InChI is InChI=1S/C19H16N2O4/c22-17-13-20(12-16(18(17)23)19(24)25)21(15-9-5-2-6-10-15)11-14-7-3-1-4-8-14/h1-10,12H,11,13H2,(H,24,25). The average Bonchev–Trinajstić information content (AvgIpc) is 2.63. The lowest BCUT2D eigenvalue weighted by atomic mass is 10.1. The summed E-state index contributed by atoms with van der Waals surface area (Å²) in [4.78, 5) is 35.1. The van der Waals surface area contributed by atoms with Gasteiger partial charge in [-0.25, -0.2) is 4.79 Å². The molecule has 1 aliphatic rings. The van der Waals surface area contributed by atoms with Crippen molar-refractivity contribution in [3.63, 3.8) is 0 Å². The smallest absolute Gasteiger partial charge is 0.341 e. The van der Waals surface area contributed by atoms with Crippen LogP contribution in [0.4, 0.5) is 5.69 Å². The van der Waals surface area contributed by atoms with Gasteiger partial charge in [0, 0.05) is 6.20 Å². The number of rotatable bonds is 5. The van der Waals surface area contributed by atoms with Crippen LogP contribution in [0.25, 0.3) is 0 Å². The van der Waals surface area contributed by atoms with Crippen molar-refractivity contribution >= 4 is 23.2 Å². The third-order valence-corrected chi connectivity index (χ3v) is 3.85. The van der Waals surface area contributed by atoms with E-state index in [0.717, 1.165) is 11.3 Å². The molecule has 0 saturated carbocycles. The Kier molecular flexibility index (Phi) is 4.61. The summed E-state index contributed by atoms with van der Waals surface area (Å²) < 4.78 is 0. The van der Waals surface area contributed by atoms with Crippen LogP contribution in [0.15, 0.2) is 72.4 Å². The van der Waals surface area contributed by atoms with Gasteiger partial charge >= 0.3 is 5.97 Å². The highest BCUT2D eigenvalue weighted by atomic mass is 16.4. The number of carboxylic acid groups (broad SMARTS) is 1. The highest BCUT2D eigenvalue weighted by Gasteiger charge is 2.33. The van der Waals surface area contributed by atoms with Gasteiger partial charge in [-0.3, -0.25) is 19.6 Å². The van der Waals surface area contributed by atoms with Gasteiger partial charge in [0.25, 0.3) is 0 Å². The highest BCUT2D eigenvalue weighted by molar-refractivity contribution is 6.50. The van der Waals surface area contributed by atoms with Crippen molar-refractivity contribution in [2.45, 2.75) is 6.54 Å². The third-order valence-electron chi connectivity index (χ3n) is 3.85. The molecule has 2 aromatic carbocycles. The summed E-state index contributed by atoms with van der Waals surface area (Å²) in [6, 6.07) is 18.9. The maximum Gasteiger partial charge on any atom is 0.341 e. The van der Waals surface area contributed by atoms with Crippen LogP contribution in [0.1, 0.15) is 5.56 Å². The van der Waals surface area contributed by atoms with E-state index in [9.17, 15) is 19.5 Å². The molecule has 6 heteroatoms. The van der Waals surface area contributed by atoms with E-state index in [2.05, 4.69) is 0 Å². The lowest BCUT2D eigenvalue weighted by Crippen LogP contribution is -2.47. The van der Waals surface area contributed by atoms with Crippen molar-refractivity contribution in [2.24, 2.45) is 0 Å². The summed E-state index contributed by atoms with van der Waals surface area (Å²) in [6.07, 6.45) is 1.22. The Hall–Kier alpha value is -3.41. The fraction of sp³-hybridized carbons (Fsp3) is 0.105. The number of carbonyl (C=O) groups is 3. The normalized spacial score (nSPS) is 14.2. The van der Waals surface area contributed by atoms with E-state index < -0.39 is 23.1 Å². The zero-order valence-electron chi connectivity index (χ0n) is 13.3.